The van der Waals surface area contributed by atoms with Crippen molar-refractivity contribution in [3.63, 3.8) is 0 Å². The van der Waals surface area contributed by atoms with Crippen LogP contribution in [-0.2, 0) is 14.8 Å². The Bertz CT molecular complexity index is 929. The average molecular weight is 398 g/mol. The van der Waals surface area contributed by atoms with Crippen molar-refractivity contribution in [2.24, 2.45) is 0 Å². The second kappa shape index (κ2) is 8.17. The van der Waals surface area contributed by atoms with Crippen LogP contribution in [0.2, 0.25) is 5.02 Å². The molecule has 138 valence electrons. The zero-order valence-electron chi connectivity index (χ0n) is 13.9. The van der Waals surface area contributed by atoms with Gasteiger partial charge in [-0.2, -0.15) is 0 Å². The molecule has 0 aliphatic rings. The van der Waals surface area contributed by atoms with Crippen molar-refractivity contribution in [1.29, 1.82) is 0 Å². The number of hydrogen-bond acceptors (Lipinski definition) is 5. The summed E-state index contributed by atoms with van der Waals surface area (Å²) < 4.78 is 30.4. The number of carbonyl (C=O) groups is 2. The van der Waals surface area contributed by atoms with Crippen LogP contribution in [0.25, 0.3) is 0 Å². The zero-order valence-corrected chi connectivity index (χ0v) is 15.4. The Morgan fingerprint density at radius 1 is 1.00 bits per heavy atom. The number of benzene rings is 2. The molecule has 26 heavy (non-hydrogen) atoms. The van der Waals surface area contributed by atoms with Gasteiger partial charge in [-0.05, 0) is 49.5 Å². The molecule has 2 rings (SSSR count). The molecule has 0 atom stereocenters. The first-order chi connectivity index (χ1) is 12.3. The Balaban J connectivity index is 2.20. The topological polar surface area (TPSA) is 114 Å². The average Bonchev–Trinajstić information content (AvgIpc) is 2.63. The van der Waals surface area contributed by atoms with E-state index >= 15 is 0 Å². The lowest BCUT2D eigenvalue weighted by Crippen LogP contribution is -2.20. The summed E-state index contributed by atoms with van der Waals surface area (Å²) in [6.07, 6.45) is -0.615. The predicted octanol–water partition coefficient (Wildman–Crippen LogP) is 2.68. The molecule has 0 heterocycles. The number of anilines is 2. The van der Waals surface area contributed by atoms with E-state index in [-0.39, 0.29) is 15.5 Å². The summed E-state index contributed by atoms with van der Waals surface area (Å²) in [6, 6.07) is 10.1. The third kappa shape index (κ3) is 4.72. The molecule has 0 fully saturated rings. The molecule has 2 amide bonds. The summed E-state index contributed by atoms with van der Waals surface area (Å²) in [5.41, 5.74) is 0.929. The lowest BCUT2D eigenvalue weighted by molar-refractivity contribution is 0.102. The van der Waals surface area contributed by atoms with E-state index in [0.717, 1.165) is 0 Å². The highest BCUT2D eigenvalue weighted by Gasteiger charge is 2.17. The van der Waals surface area contributed by atoms with Crippen LogP contribution in [-0.4, -0.2) is 34.6 Å². The maximum absolute atomic E-state index is 12.4. The molecule has 0 radical (unpaired) electrons. The SMILES string of the molecule is CNS(=O)(=O)c1ccc(Cl)c(C(=O)Nc2ccc(NC(=O)OC)cc2)c1. The van der Waals surface area contributed by atoms with Crippen LogP contribution in [0.3, 0.4) is 0 Å². The lowest BCUT2D eigenvalue weighted by Gasteiger charge is -2.10. The van der Waals surface area contributed by atoms with Crippen molar-refractivity contribution in [1.82, 2.24) is 4.72 Å². The number of rotatable bonds is 5. The van der Waals surface area contributed by atoms with E-state index in [1.807, 2.05) is 0 Å². The molecule has 2 aromatic carbocycles. The quantitative estimate of drug-likeness (QED) is 0.717. The Morgan fingerprint density at radius 2 is 1.58 bits per heavy atom. The Kier molecular flexibility index (Phi) is 6.19. The van der Waals surface area contributed by atoms with Gasteiger partial charge in [-0.25, -0.2) is 17.9 Å². The molecule has 2 aromatic rings. The van der Waals surface area contributed by atoms with Gasteiger partial charge in [-0.1, -0.05) is 11.6 Å². The molecular formula is C16H16ClN3O5S. The predicted molar refractivity (Wildman–Crippen MR) is 98.1 cm³/mol. The first kappa shape index (κ1) is 19.7. The number of halogens is 1. The Labute approximate surface area is 155 Å². The third-order valence-corrected chi connectivity index (χ3v) is 5.08. The van der Waals surface area contributed by atoms with Gasteiger partial charge >= 0.3 is 6.09 Å². The van der Waals surface area contributed by atoms with Gasteiger partial charge in [0.25, 0.3) is 5.91 Å². The van der Waals surface area contributed by atoms with Crippen LogP contribution in [0.1, 0.15) is 10.4 Å². The second-order valence-corrected chi connectivity index (χ2v) is 7.29. The normalized spacial score (nSPS) is 10.9. The van der Waals surface area contributed by atoms with E-state index in [4.69, 9.17) is 11.6 Å². The molecule has 0 aliphatic heterocycles. The number of methoxy groups -OCH3 is 1. The summed E-state index contributed by atoms with van der Waals surface area (Å²) >= 11 is 6.01. The highest BCUT2D eigenvalue weighted by Crippen LogP contribution is 2.22. The molecule has 0 spiro atoms. The zero-order chi connectivity index (χ0) is 19.3. The maximum atomic E-state index is 12.4. The fourth-order valence-electron chi connectivity index (χ4n) is 1.97. The number of hydrogen-bond donors (Lipinski definition) is 3. The largest absolute Gasteiger partial charge is 0.453 e. The van der Waals surface area contributed by atoms with Crippen molar-refractivity contribution in [3.05, 3.63) is 53.1 Å². The van der Waals surface area contributed by atoms with Gasteiger partial charge in [-0.15, -0.1) is 0 Å². The summed E-state index contributed by atoms with van der Waals surface area (Å²) in [4.78, 5) is 23.5. The molecule has 10 heteroatoms. The van der Waals surface area contributed by atoms with Gasteiger partial charge in [0.15, 0.2) is 0 Å². The minimum absolute atomic E-state index is 0.0137. The molecule has 0 aromatic heterocycles. The van der Waals surface area contributed by atoms with Crippen LogP contribution in [0.5, 0.6) is 0 Å². The first-order valence-electron chi connectivity index (χ1n) is 7.26. The van der Waals surface area contributed by atoms with E-state index < -0.39 is 22.0 Å². The lowest BCUT2D eigenvalue weighted by atomic mass is 10.2. The molecule has 0 aliphatic carbocycles. The van der Waals surface area contributed by atoms with E-state index in [2.05, 4.69) is 20.1 Å². The number of carbonyl (C=O) groups excluding carboxylic acids is 2. The maximum Gasteiger partial charge on any atom is 0.411 e. The summed E-state index contributed by atoms with van der Waals surface area (Å²) in [7, 11) is -1.19. The highest BCUT2D eigenvalue weighted by molar-refractivity contribution is 7.89. The number of sulfonamides is 1. The fourth-order valence-corrected chi connectivity index (χ4v) is 2.93. The second-order valence-electron chi connectivity index (χ2n) is 5.00. The summed E-state index contributed by atoms with van der Waals surface area (Å²) in [5.74, 6) is -0.572. The number of nitrogens with one attached hydrogen (secondary N) is 3. The minimum atomic E-state index is -3.70. The van der Waals surface area contributed by atoms with Gasteiger partial charge in [0, 0.05) is 11.4 Å². The molecule has 0 bridgehead atoms. The van der Waals surface area contributed by atoms with E-state index in [1.54, 1.807) is 24.3 Å². The van der Waals surface area contributed by atoms with E-state index in [1.165, 1.54) is 32.4 Å². The summed E-state index contributed by atoms with van der Waals surface area (Å²) in [5, 5.41) is 5.20. The van der Waals surface area contributed by atoms with Gasteiger partial charge in [0.2, 0.25) is 10.0 Å². The van der Waals surface area contributed by atoms with Crippen molar-refractivity contribution in [2.45, 2.75) is 4.90 Å². The van der Waals surface area contributed by atoms with Crippen LogP contribution in [0.4, 0.5) is 16.2 Å². The van der Waals surface area contributed by atoms with Crippen molar-refractivity contribution in [3.8, 4) is 0 Å². The molecule has 8 nitrogen and oxygen atoms in total. The van der Waals surface area contributed by atoms with Gasteiger partial charge in [0.1, 0.15) is 0 Å². The molecule has 0 unspecified atom stereocenters. The standard InChI is InChI=1S/C16H16ClN3O5S/c1-18-26(23,24)12-7-8-14(17)13(9-12)15(21)19-10-3-5-11(6-4-10)20-16(22)25-2/h3-9,18H,1-2H3,(H,19,21)(H,20,22). The molecule has 0 saturated heterocycles. The van der Waals surface area contributed by atoms with Crippen LogP contribution in [0.15, 0.2) is 47.4 Å². The van der Waals surface area contributed by atoms with Gasteiger partial charge in [-0.3, -0.25) is 10.1 Å². The fraction of sp³-hybridized carbons (Fsp3) is 0.125. The number of amides is 2. The Morgan fingerprint density at radius 3 is 2.12 bits per heavy atom. The van der Waals surface area contributed by atoms with Crippen molar-refractivity contribution in [2.75, 3.05) is 24.8 Å². The molecule has 3 N–H and O–H groups in total. The Hall–Kier alpha value is -2.62. The van der Waals surface area contributed by atoms with Crippen LogP contribution in [0, 0.1) is 0 Å². The number of ether oxygens (including phenoxy) is 1. The van der Waals surface area contributed by atoms with Crippen molar-refractivity contribution >= 4 is 45.0 Å². The molecule has 0 saturated carbocycles. The third-order valence-electron chi connectivity index (χ3n) is 3.34. The monoisotopic (exact) mass is 397 g/mol. The minimum Gasteiger partial charge on any atom is -0.453 e. The summed E-state index contributed by atoms with van der Waals surface area (Å²) in [6.45, 7) is 0. The first-order valence-corrected chi connectivity index (χ1v) is 9.12. The van der Waals surface area contributed by atoms with E-state index in [9.17, 15) is 18.0 Å². The van der Waals surface area contributed by atoms with Gasteiger partial charge in [0.05, 0.1) is 22.6 Å². The smallest absolute Gasteiger partial charge is 0.411 e. The van der Waals surface area contributed by atoms with Crippen LogP contribution >= 0.6 is 11.6 Å². The van der Waals surface area contributed by atoms with Crippen molar-refractivity contribution < 1.29 is 22.7 Å². The van der Waals surface area contributed by atoms with Gasteiger partial charge < -0.3 is 10.1 Å². The molecular weight excluding hydrogens is 382 g/mol. The highest BCUT2D eigenvalue weighted by atomic mass is 35.5. The van der Waals surface area contributed by atoms with Crippen LogP contribution < -0.4 is 15.4 Å². The van der Waals surface area contributed by atoms with E-state index in [0.29, 0.717) is 11.4 Å².